The molecular weight excluding hydrogens is 342 g/mol. The molecule has 2 aliphatic rings. The molecular formula is C17H23N3O6. The highest BCUT2D eigenvalue weighted by Crippen LogP contribution is 2.34. The number of amides is 3. The highest BCUT2D eigenvalue weighted by molar-refractivity contribution is 5.96. The molecule has 0 aliphatic carbocycles. The van der Waals surface area contributed by atoms with Crippen molar-refractivity contribution in [1.82, 2.24) is 10.2 Å². The summed E-state index contributed by atoms with van der Waals surface area (Å²) in [6.45, 7) is 2.40. The Kier molecular flexibility index (Phi) is 5.19. The minimum absolute atomic E-state index is 0.143. The number of nitrogens with zero attached hydrogens (tertiary/aromatic N) is 2. The fourth-order valence-corrected chi connectivity index (χ4v) is 2.85. The normalized spacial score (nSPS) is 16.8. The summed E-state index contributed by atoms with van der Waals surface area (Å²) in [5.41, 5.74) is -0.437. The molecule has 2 aliphatic heterocycles. The Labute approximate surface area is 151 Å². The van der Waals surface area contributed by atoms with Gasteiger partial charge in [0.15, 0.2) is 11.5 Å². The van der Waals surface area contributed by atoms with Gasteiger partial charge < -0.3 is 29.9 Å². The lowest BCUT2D eigenvalue weighted by atomic mass is 10.1. The average Bonchev–Trinajstić information content (AvgIpc) is 3.01. The van der Waals surface area contributed by atoms with E-state index >= 15 is 0 Å². The quantitative estimate of drug-likeness (QED) is 0.630. The number of aliphatic hydroxyl groups is 2. The fraction of sp³-hybridized carbons (Fsp3) is 0.529. The molecule has 26 heavy (non-hydrogen) atoms. The monoisotopic (exact) mass is 365 g/mol. The molecule has 142 valence electrons. The van der Waals surface area contributed by atoms with Gasteiger partial charge in [0.05, 0.1) is 18.8 Å². The third kappa shape index (κ3) is 3.68. The van der Waals surface area contributed by atoms with Gasteiger partial charge in [0, 0.05) is 24.8 Å². The van der Waals surface area contributed by atoms with E-state index in [1.807, 2.05) is 0 Å². The van der Waals surface area contributed by atoms with Gasteiger partial charge in [-0.2, -0.15) is 0 Å². The van der Waals surface area contributed by atoms with Crippen molar-refractivity contribution in [2.45, 2.75) is 12.5 Å². The number of ether oxygens (including phenoxy) is 2. The Morgan fingerprint density at radius 3 is 2.58 bits per heavy atom. The molecule has 0 atom stereocenters. The van der Waals surface area contributed by atoms with Crippen molar-refractivity contribution in [3.63, 3.8) is 0 Å². The zero-order valence-electron chi connectivity index (χ0n) is 14.6. The molecule has 1 aromatic carbocycles. The van der Waals surface area contributed by atoms with E-state index in [1.165, 1.54) is 11.8 Å². The maximum absolute atomic E-state index is 12.6. The number of aliphatic hydroxyl groups excluding tert-OH is 2. The summed E-state index contributed by atoms with van der Waals surface area (Å²) < 4.78 is 11.0. The molecule has 0 aromatic heterocycles. The molecule has 1 aromatic rings. The van der Waals surface area contributed by atoms with Gasteiger partial charge in [0.2, 0.25) is 5.91 Å². The second-order valence-corrected chi connectivity index (χ2v) is 6.61. The first-order valence-electron chi connectivity index (χ1n) is 8.44. The highest BCUT2D eigenvalue weighted by atomic mass is 16.6. The van der Waals surface area contributed by atoms with E-state index in [1.54, 1.807) is 23.1 Å². The number of anilines is 1. The lowest BCUT2D eigenvalue weighted by Crippen LogP contribution is -2.54. The van der Waals surface area contributed by atoms with Crippen molar-refractivity contribution >= 4 is 17.6 Å². The van der Waals surface area contributed by atoms with Crippen LogP contribution in [0, 0.1) is 0 Å². The smallest absolute Gasteiger partial charge is 0.325 e. The summed E-state index contributed by atoms with van der Waals surface area (Å²) in [6.07, 6.45) is 0. The van der Waals surface area contributed by atoms with Gasteiger partial charge in [0.25, 0.3) is 0 Å². The Bertz CT molecular complexity index is 691. The third-order valence-corrected chi connectivity index (χ3v) is 4.41. The van der Waals surface area contributed by atoms with E-state index in [0.717, 1.165) is 0 Å². The largest absolute Gasteiger partial charge is 0.486 e. The molecule has 0 saturated carbocycles. The van der Waals surface area contributed by atoms with Crippen LogP contribution in [-0.4, -0.2) is 78.7 Å². The van der Waals surface area contributed by atoms with Gasteiger partial charge >= 0.3 is 6.03 Å². The SMILES string of the molecule is CC(CO)(CO)NC(=O)CN1CCN(c2ccc3c(c2)OCCO3)C1=O. The van der Waals surface area contributed by atoms with Crippen LogP contribution in [0.1, 0.15) is 6.92 Å². The zero-order valence-corrected chi connectivity index (χ0v) is 14.6. The fourth-order valence-electron chi connectivity index (χ4n) is 2.85. The number of benzene rings is 1. The van der Waals surface area contributed by atoms with Crippen molar-refractivity contribution < 1.29 is 29.3 Å². The number of rotatable bonds is 6. The van der Waals surface area contributed by atoms with Gasteiger partial charge in [0.1, 0.15) is 19.8 Å². The summed E-state index contributed by atoms with van der Waals surface area (Å²) in [5.74, 6) is 0.808. The Morgan fingerprint density at radius 1 is 1.19 bits per heavy atom. The van der Waals surface area contributed by atoms with Crippen LogP contribution < -0.4 is 19.7 Å². The average molecular weight is 365 g/mol. The van der Waals surface area contributed by atoms with Gasteiger partial charge in [-0.15, -0.1) is 0 Å². The van der Waals surface area contributed by atoms with E-state index in [-0.39, 0.29) is 12.6 Å². The van der Waals surface area contributed by atoms with E-state index < -0.39 is 24.7 Å². The summed E-state index contributed by atoms with van der Waals surface area (Å²) in [5, 5.41) is 21.0. The Hall–Kier alpha value is -2.52. The lowest BCUT2D eigenvalue weighted by Gasteiger charge is -2.27. The van der Waals surface area contributed by atoms with E-state index in [0.29, 0.717) is 43.5 Å². The molecule has 1 fully saturated rings. The predicted molar refractivity (Wildman–Crippen MR) is 92.5 cm³/mol. The molecule has 3 rings (SSSR count). The van der Waals surface area contributed by atoms with Crippen molar-refractivity contribution in [3.05, 3.63) is 18.2 Å². The number of nitrogens with one attached hydrogen (secondary N) is 1. The van der Waals surface area contributed by atoms with Crippen molar-refractivity contribution in [1.29, 1.82) is 0 Å². The van der Waals surface area contributed by atoms with Crippen LogP contribution in [0.15, 0.2) is 18.2 Å². The molecule has 2 heterocycles. The topological polar surface area (TPSA) is 112 Å². The molecule has 9 nitrogen and oxygen atoms in total. The maximum Gasteiger partial charge on any atom is 0.325 e. The van der Waals surface area contributed by atoms with E-state index in [4.69, 9.17) is 9.47 Å². The van der Waals surface area contributed by atoms with Gasteiger partial charge in [-0.1, -0.05) is 0 Å². The summed E-state index contributed by atoms with van der Waals surface area (Å²) >= 11 is 0. The molecule has 0 bridgehead atoms. The lowest BCUT2D eigenvalue weighted by molar-refractivity contribution is -0.124. The highest BCUT2D eigenvalue weighted by Gasteiger charge is 2.33. The second kappa shape index (κ2) is 7.38. The standard InChI is InChI=1S/C17H23N3O6/c1-17(10-21,11-22)18-15(23)9-19-4-5-20(16(19)24)12-2-3-13-14(8-12)26-7-6-25-13/h2-3,8,21-22H,4-7,9-11H2,1H3,(H,18,23). The molecule has 0 spiro atoms. The molecule has 3 amide bonds. The number of carbonyl (C=O) groups is 2. The summed E-state index contributed by atoms with van der Waals surface area (Å²) in [6, 6.07) is 5.01. The maximum atomic E-state index is 12.6. The number of fused-ring (bicyclic) bond motifs is 1. The molecule has 3 N–H and O–H groups in total. The Morgan fingerprint density at radius 2 is 1.88 bits per heavy atom. The van der Waals surface area contributed by atoms with Crippen LogP contribution >= 0.6 is 0 Å². The van der Waals surface area contributed by atoms with Crippen LogP contribution in [0.5, 0.6) is 11.5 Å². The minimum atomic E-state index is -1.12. The molecule has 1 saturated heterocycles. The number of carbonyl (C=O) groups excluding carboxylic acids is 2. The first-order chi connectivity index (χ1) is 12.5. The van der Waals surface area contributed by atoms with Crippen LogP contribution in [-0.2, 0) is 4.79 Å². The third-order valence-electron chi connectivity index (χ3n) is 4.41. The molecule has 0 unspecified atom stereocenters. The van der Waals surface area contributed by atoms with Crippen LogP contribution in [0.3, 0.4) is 0 Å². The number of urea groups is 1. The van der Waals surface area contributed by atoms with E-state index in [2.05, 4.69) is 5.32 Å². The predicted octanol–water partition coefficient (Wildman–Crippen LogP) is -0.441. The van der Waals surface area contributed by atoms with E-state index in [9.17, 15) is 19.8 Å². The van der Waals surface area contributed by atoms with Gasteiger partial charge in [-0.3, -0.25) is 9.69 Å². The Balaban J connectivity index is 1.64. The minimum Gasteiger partial charge on any atom is -0.486 e. The van der Waals surface area contributed by atoms with Crippen LogP contribution in [0.2, 0.25) is 0 Å². The zero-order chi connectivity index (χ0) is 18.7. The first-order valence-corrected chi connectivity index (χ1v) is 8.44. The number of hydrogen-bond donors (Lipinski definition) is 3. The van der Waals surface area contributed by atoms with Crippen molar-refractivity contribution in [2.24, 2.45) is 0 Å². The van der Waals surface area contributed by atoms with Gasteiger partial charge in [-0.25, -0.2) is 4.79 Å². The van der Waals surface area contributed by atoms with Crippen LogP contribution in [0.4, 0.5) is 10.5 Å². The molecule has 9 heteroatoms. The molecule has 0 radical (unpaired) electrons. The van der Waals surface area contributed by atoms with Gasteiger partial charge in [-0.05, 0) is 19.1 Å². The number of hydrogen-bond acceptors (Lipinski definition) is 6. The first kappa shape index (κ1) is 18.3. The van der Waals surface area contributed by atoms with Crippen molar-refractivity contribution in [3.8, 4) is 11.5 Å². The van der Waals surface area contributed by atoms with Crippen LogP contribution in [0.25, 0.3) is 0 Å². The summed E-state index contributed by atoms with van der Waals surface area (Å²) in [4.78, 5) is 27.7. The van der Waals surface area contributed by atoms with Crippen molar-refractivity contribution in [2.75, 3.05) is 51.0 Å². The second-order valence-electron chi connectivity index (χ2n) is 6.61. The summed E-state index contributed by atoms with van der Waals surface area (Å²) in [7, 11) is 0.